The molecule has 0 saturated carbocycles. The molecule has 0 amide bonds. The Morgan fingerprint density at radius 3 is 2.85 bits per heavy atom. The predicted octanol–water partition coefficient (Wildman–Crippen LogP) is 2.29. The lowest BCUT2D eigenvalue weighted by atomic mass is 10.0. The molecule has 106 valence electrons. The molecule has 0 fully saturated rings. The Kier molecular flexibility index (Phi) is 3.85. The lowest BCUT2D eigenvalue weighted by molar-refractivity contribution is -0.384. The molecule has 2 rings (SSSR count). The summed E-state index contributed by atoms with van der Waals surface area (Å²) in [5.41, 5.74) is 1.81. The molecule has 6 heteroatoms. The molecule has 1 heterocycles. The van der Waals surface area contributed by atoms with E-state index >= 15 is 0 Å². The highest BCUT2D eigenvalue weighted by molar-refractivity contribution is 5.34. The fraction of sp³-hybridized carbons (Fsp3) is 0.357. The summed E-state index contributed by atoms with van der Waals surface area (Å²) in [5, 5.41) is 14.0. The van der Waals surface area contributed by atoms with Crippen LogP contribution in [0.4, 0.5) is 5.69 Å². The van der Waals surface area contributed by atoms with E-state index in [-0.39, 0.29) is 16.1 Å². The van der Waals surface area contributed by atoms with Crippen molar-refractivity contribution in [1.29, 1.82) is 0 Å². The SMILES string of the molecule is CNC(C)(C)c1cncn1Cc1cccc([N+](=O)[O-])c1. The van der Waals surface area contributed by atoms with Gasteiger partial charge in [0.1, 0.15) is 0 Å². The van der Waals surface area contributed by atoms with E-state index in [0.717, 1.165) is 11.3 Å². The number of benzene rings is 1. The van der Waals surface area contributed by atoms with E-state index in [1.807, 2.05) is 23.9 Å². The summed E-state index contributed by atoms with van der Waals surface area (Å²) < 4.78 is 2.00. The van der Waals surface area contributed by atoms with E-state index in [2.05, 4.69) is 24.1 Å². The molecule has 0 saturated heterocycles. The first-order valence-electron chi connectivity index (χ1n) is 6.37. The molecular weight excluding hydrogens is 256 g/mol. The van der Waals surface area contributed by atoms with Gasteiger partial charge in [-0.2, -0.15) is 0 Å². The first-order chi connectivity index (χ1) is 9.44. The van der Waals surface area contributed by atoms with E-state index in [4.69, 9.17) is 0 Å². The molecule has 1 N–H and O–H groups in total. The molecular formula is C14H18N4O2. The second-order valence-electron chi connectivity index (χ2n) is 5.21. The number of nitrogens with one attached hydrogen (secondary N) is 1. The summed E-state index contributed by atoms with van der Waals surface area (Å²) in [6.07, 6.45) is 3.56. The third-order valence-corrected chi connectivity index (χ3v) is 3.45. The Bertz CT molecular complexity index is 619. The van der Waals surface area contributed by atoms with Crippen LogP contribution in [0.15, 0.2) is 36.8 Å². The van der Waals surface area contributed by atoms with Crippen LogP contribution in [-0.4, -0.2) is 21.5 Å². The summed E-state index contributed by atoms with van der Waals surface area (Å²) >= 11 is 0. The van der Waals surface area contributed by atoms with Crippen molar-refractivity contribution >= 4 is 5.69 Å². The normalized spacial score (nSPS) is 11.6. The highest BCUT2D eigenvalue weighted by Crippen LogP contribution is 2.21. The van der Waals surface area contributed by atoms with Gasteiger partial charge in [0.05, 0.1) is 28.7 Å². The Labute approximate surface area is 117 Å². The van der Waals surface area contributed by atoms with Gasteiger partial charge in [-0.25, -0.2) is 4.98 Å². The van der Waals surface area contributed by atoms with Gasteiger partial charge in [0.2, 0.25) is 0 Å². The topological polar surface area (TPSA) is 73.0 Å². The molecule has 0 aliphatic heterocycles. The van der Waals surface area contributed by atoms with Gasteiger partial charge in [-0.3, -0.25) is 10.1 Å². The first kappa shape index (κ1) is 14.2. The Morgan fingerprint density at radius 2 is 2.20 bits per heavy atom. The highest BCUT2D eigenvalue weighted by atomic mass is 16.6. The smallest absolute Gasteiger partial charge is 0.269 e. The number of nitrogens with zero attached hydrogens (tertiary/aromatic N) is 3. The zero-order valence-electron chi connectivity index (χ0n) is 11.8. The molecule has 1 aromatic carbocycles. The van der Waals surface area contributed by atoms with Crippen LogP contribution in [0, 0.1) is 10.1 Å². The minimum atomic E-state index is -0.379. The third kappa shape index (κ3) is 2.85. The molecule has 2 aromatic rings. The van der Waals surface area contributed by atoms with E-state index in [9.17, 15) is 10.1 Å². The highest BCUT2D eigenvalue weighted by Gasteiger charge is 2.22. The molecule has 0 atom stereocenters. The quantitative estimate of drug-likeness (QED) is 0.670. The number of rotatable bonds is 5. The van der Waals surface area contributed by atoms with Crippen LogP contribution in [0.1, 0.15) is 25.1 Å². The van der Waals surface area contributed by atoms with Gasteiger partial charge in [-0.1, -0.05) is 12.1 Å². The molecule has 0 aliphatic rings. The summed E-state index contributed by atoms with van der Waals surface area (Å²) in [7, 11) is 1.89. The summed E-state index contributed by atoms with van der Waals surface area (Å²) in [6.45, 7) is 4.68. The van der Waals surface area contributed by atoms with Gasteiger partial charge in [0, 0.05) is 18.7 Å². The van der Waals surface area contributed by atoms with Crippen LogP contribution in [-0.2, 0) is 12.1 Å². The van der Waals surface area contributed by atoms with Gasteiger partial charge < -0.3 is 9.88 Å². The average Bonchev–Trinajstić information content (AvgIpc) is 2.88. The summed E-state index contributed by atoms with van der Waals surface area (Å²) in [5.74, 6) is 0. The van der Waals surface area contributed by atoms with Gasteiger partial charge in [0.25, 0.3) is 5.69 Å². The molecule has 0 spiro atoms. The molecule has 0 radical (unpaired) electrons. The van der Waals surface area contributed by atoms with Crippen molar-refractivity contribution in [2.75, 3.05) is 7.05 Å². The number of nitro groups is 1. The molecule has 20 heavy (non-hydrogen) atoms. The van der Waals surface area contributed by atoms with Gasteiger partial charge in [-0.15, -0.1) is 0 Å². The van der Waals surface area contributed by atoms with E-state index in [0.29, 0.717) is 6.54 Å². The van der Waals surface area contributed by atoms with Crippen LogP contribution < -0.4 is 5.32 Å². The van der Waals surface area contributed by atoms with Crippen LogP contribution >= 0.6 is 0 Å². The van der Waals surface area contributed by atoms with Gasteiger partial charge >= 0.3 is 0 Å². The number of nitro benzene ring substituents is 1. The zero-order valence-corrected chi connectivity index (χ0v) is 11.8. The number of imidazole rings is 1. The number of non-ortho nitro benzene ring substituents is 1. The second kappa shape index (κ2) is 5.42. The van der Waals surface area contributed by atoms with E-state index < -0.39 is 0 Å². The third-order valence-electron chi connectivity index (χ3n) is 3.45. The van der Waals surface area contributed by atoms with Crippen molar-refractivity contribution in [3.05, 3.63) is 58.2 Å². The van der Waals surface area contributed by atoms with Crippen LogP contribution in [0.2, 0.25) is 0 Å². The largest absolute Gasteiger partial charge is 0.328 e. The first-order valence-corrected chi connectivity index (χ1v) is 6.37. The Morgan fingerprint density at radius 1 is 1.45 bits per heavy atom. The van der Waals surface area contributed by atoms with Crippen LogP contribution in [0.5, 0.6) is 0 Å². The lowest BCUT2D eigenvalue weighted by Crippen LogP contribution is -2.35. The van der Waals surface area contributed by atoms with Crippen molar-refractivity contribution in [1.82, 2.24) is 14.9 Å². The number of hydrogen-bond donors (Lipinski definition) is 1. The number of hydrogen-bond acceptors (Lipinski definition) is 4. The molecule has 0 bridgehead atoms. The average molecular weight is 274 g/mol. The van der Waals surface area contributed by atoms with Crippen LogP contribution in [0.25, 0.3) is 0 Å². The monoisotopic (exact) mass is 274 g/mol. The second-order valence-corrected chi connectivity index (χ2v) is 5.21. The van der Waals surface area contributed by atoms with Crippen molar-refractivity contribution in [2.45, 2.75) is 25.9 Å². The molecule has 1 aromatic heterocycles. The Balaban J connectivity index is 2.30. The van der Waals surface area contributed by atoms with Crippen molar-refractivity contribution in [2.24, 2.45) is 0 Å². The maximum atomic E-state index is 10.8. The van der Waals surface area contributed by atoms with Gasteiger partial charge in [0.15, 0.2) is 0 Å². The number of aromatic nitrogens is 2. The standard InChI is InChI=1S/C14H18N4O2/c1-14(2,15-3)13-8-16-10-17(13)9-11-5-4-6-12(7-11)18(19)20/h4-8,10,15H,9H2,1-3H3. The van der Waals surface area contributed by atoms with E-state index in [1.54, 1.807) is 18.5 Å². The fourth-order valence-corrected chi connectivity index (χ4v) is 2.06. The van der Waals surface area contributed by atoms with E-state index in [1.165, 1.54) is 6.07 Å². The Hall–Kier alpha value is -2.21. The van der Waals surface area contributed by atoms with Crippen LogP contribution in [0.3, 0.4) is 0 Å². The molecule has 0 unspecified atom stereocenters. The van der Waals surface area contributed by atoms with Crippen molar-refractivity contribution in [3.63, 3.8) is 0 Å². The summed E-state index contributed by atoms with van der Waals surface area (Å²) in [4.78, 5) is 14.6. The predicted molar refractivity (Wildman–Crippen MR) is 76.5 cm³/mol. The van der Waals surface area contributed by atoms with Crippen molar-refractivity contribution < 1.29 is 4.92 Å². The maximum Gasteiger partial charge on any atom is 0.269 e. The van der Waals surface area contributed by atoms with Gasteiger partial charge in [-0.05, 0) is 26.5 Å². The molecule has 0 aliphatic carbocycles. The zero-order chi connectivity index (χ0) is 14.8. The fourth-order valence-electron chi connectivity index (χ4n) is 2.06. The van der Waals surface area contributed by atoms with Crippen molar-refractivity contribution in [3.8, 4) is 0 Å². The maximum absolute atomic E-state index is 10.8. The summed E-state index contributed by atoms with van der Waals surface area (Å²) in [6, 6.07) is 6.67. The minimum Gasteiger partial charge on any atom is -0.328 e. The molecule has 6 nitrogen and oxygen atoms in total. The minimum absolute atomic E-state index is 0.108. The lowest BCUT2D eigenvalue weighted by Gasteiger charge is -2.25.